The molecule has 1 aromatic heterocycles. The molecular formula is C21H32IN5O2. The molecule has 29 heavy (non-hydrogen) atoms. The van der Waals surface area contributed by atoms with Crippen LogP contribution in [0, 0.1) is 5.92 Å². The summed E-state index contributed by atoms with van der Waals surface area (Å²) in [6.07, 6.45) is 7.86. The molecule has 0 bridgehead atoms. The van der Waals surface area contributed by atoms with Crippen molar-refractivity contribution >= 4 is 29.9 Å². The summed E-state index contributed by atoms with van der Waals surface area (Å²) >= 11 is 0. The molecule has 3 rings (SSSR count). The minimum atomic E-state index is 0. The molecule has 0 aliphatic carbocycles. The van der Waals surface area contributed by atoms with Crippen LogP contribution in [0.3, 0.4) is 0 Å². The van der Waals surface area contributed by atoms with E-state index in [-0.39, 0.29) is 24.0 Å². The van der Waals surface area contributed by atoms with Crippen molar-refractivity contribution in [1.82, 2.24) is 19.8 Å². The molecule has 7 nitrogen and oxygen atoms in total. The Morgan fingerprint density at radius 3 is 2.69 bits per heavy atom. The average molecular weight is 513 g/mol. The highest BCUT2D eigenvalue weighted by Crippen LogP contribution is 2.27. The van der Waals surface area contributed by atoms with E-state index in [9.17, 15) is 0 Å². The Hall–Kier alpha value is -1.97. The van der Waals surface area contributed by atoms with Gasteiger partial charge in [-0.3, -0.25) is 4.99 Å². The summed E-state index contributed by atoms with van der Waals surface area (Å²) in [7, 11) is 3.51. The maximum atomic E-state index is 5.79. The number of aliphatic imine (C=N–C) groups is 1. The molecule has 0 saturated carbocycles. The Morgan fingerprint density at radius 2 is 2.03 bits per heavy atom. The van der Waals surface area contributed by atoms with Crippen LogP contribution in [0.25, 0.3) is 0 Å². The predicted molar refractivity (Wildman–Crippen MR) is 127 cm³/mol. The smallest absolute Gasteiger partial charge is 0.193 e. The highest BCUT2D eigenvalue weighted by Gasteiger charge is 2.28. The predicted octanol–water partition coefficient (Wildman–Crippen LogP) is 3.44. The monoisotopic (exact) mass is 513 g/mol. The maximum absolute atomic E-state index is 5.79. The lowest BCUT2D eigenvalue weighted by Gasteiger charge is -2.39. The first-order chi connectivity index (χ1) is 13.7. The van der Waals surface area contributed by atoms with Crippen molar-refractivity contribution in [3.63, 3.8) is 0 Å². The maximum Gasteiger partial charge on any atom is 0.193 e. The first-order valence-electron chi connectivity index (χ1n) is 9.91. The second-order valence-corrected chi connectivity index (χ2v) is 7.14. The number of hydrogen-bond donors (Lipinski definition) is 1. The van der Waals surface area contributed by atoms with Gasteiger partial charge in [0.2, 0.25) is 0 Å². The van der Waals surface area contributed by atoms with Crippen LogP contribution in [-0.2, 0) is 0 Å². The molecule has 1 fully saturated rings. The van der Waals surface area contributed by atoms with Gasteiger partial charge in [0, 0.05) is 39.1 Å². The van der Waals surface area contributed by atoms with Crippen LogP contribution in [0.4, 0.5) is 0 Å². The summed E-state index contributed by atoms with van der Waals surface area (Å²) in [6, 6.07) is 8.09. The number of rotatable bonds is 7. The SMILES string of the molecule is CN=C(NCCCOc1ccc(OC)cc1)N1CCC(C)C(n2ccnc2)C1.I. The van der Waals surface area contributed by atoms with Crippen LogP contribution < -0.4 is 14.8 Å². The lowest BCUT2D eigenvalue weighted by molar-refractivity contribution is 0.188. The van der Waals surface area contributed by atoms with Crippen LogP contribution in [-0.4, -0.2) is 60.8 Å². The highest BCUT2D eigenvalue weighted by molar-refractivity contribution is 14.0. The van der Waals surface area contributed by atoms with E-state index in [0.717, 1.165) is 49.9 Å². The summed E-state index contributed by atoms with van der Waals surface area (Å²) in [5.41, 5.74) is 0. The Balaban J connectivity index is 0.00000300. The molecule has 1 saturated heterocycles. The van der Waals surface area contributed by atoms with E-state index in [1.54, 1.807) is 7.11 Å². The molecule has 0 amide bonds. The quantitative estimate of drug-likeness (QED) is 0.266. The van der Waals surface area contributed by atoms with Crippen LogP contribution in [0.5, 0.6) is 11.5 Å². The van der Waals surface area contributed by atoms with E-state index in [4.69, 9.17) is 9.47 Å². The van der Waals surface area contributed by atoms with E-state index < -0.39 is 0 Å². The largest absolute Gasteiger partial charge is 0.497 e. The second kappa shape index (κ2) is 11.9. The van der Waals surface area contributed by atoms with E-state index >= 15 is 0 Å². The van der Waals surface area contributed by atoms with Crippen LogP contribution in [0.1, 0.15) is 25.8 Å². The summed E-state index contributed by atoms with van der Waals surface area (Å²) < 4.78 is 13.2. The van der Waals surface area contributed by atoms with Gasteiger partial charge in [0.05, 0.1) is 26.1 Å². The van der Waals surface area contributed by atoms with Crippen LogP contribution >= 0.6 is 24.0 Å². The fourth-order valence-electron chi connectivity index (χ4n) is 3.56. The summed E-state index contributed by atoms with van der Waals surface area (Å²) in [5, 5.41) is 3.48. The molecule has 2 heterocycles. The topological polar surface area (TPSA) is 63.9 Å². The molecule has 160 valence electrons. The Labute approximate surface area is 190 Å². The number of nitrogens with zero attached hydrogens (tertiary/aromatic N) is 4. The first-order valence-corrected chi connectivity index (χ1v) is 9.91. The van der Waals surface area contributed by atoms with Gasteiger partial charge >= 0.3 is 0 Å². The molecule has 2 atom stereocenters. The third kappa shape index (κ3) is 6.52. The van der Waals surface area contributed by atoms with Crippen molar-refractivity contribution in [3.8, 4) is 11.5 Å². The number of halogens is 1. The Kier molecular flexibility index (Phi) is 9.56. The zero-order valence-corrected chi connectivity index (χ0v) is 19.8. The number of likely N-dealkylation sites (tertiary alicyclic amines) is 1. The van der Waals surface area contributed by atoms with E-state index in [1.165, 1.54) is 0 Å². The molecule has 1 N–H and O–H groups in total. The molecule has 2 aromatic rings. The number of methoxy groups -OCH3 is 1. The van der Waals surface area contributed by atoms with Crippen molar-refractivity contribution in [2.75, 3.05) is 40.4 Å². The van der Waals surface area contributed by atoms with Crippen molar-refractivity contribution in [1.29, 1.82) is 0 Å². The molecule has 2 unspecified atom stereocenters. The van der Waals surface area contributed by atoms with Gasteiger partial charge < -0.3 is 24.3 Å². The molecule has 1 aromatic carbocycles. The Bertz CT molecular complexity index is 736. The molecule has 1 aliphatic rings. The number of ether oxygens (including phenoxy) is 2. The van der Waals surface area contributed by atoms with Gasteiger partial charge in [-0.2, -0.15) is 0 Å². The van der Waals surface area contributed by atoms with Gasteiger partial charge in [-0.1, -0.05) is 6.92 Å². The fourth-order valence-corrected chi connectivity index (χ4v) is 3.56. The number of guanidine groups is 1. The van der Waals surface area contributed by atoms with Gasteiger partial charge in [-0.25, -0.2) is 4.98 Å². The number of piperidine rings is 1. The zero-order valence-electron chi connectivity index (χ0n) is 17.5. The summed E-state index contributed by atoms with van der Waals surface area (Å²) in [6.45, 7) is 5.76. The zero-order chi connectivity index (χ0) is 19.8. The van der Waals surface area contributed by atoms with Gasteiger partial charge in [-0.05, 0) is 43.0 Å². The Morgan fingerprint density at radius 1 is 1.28 bits per heavy atom. The first kappa shape index (κ1) is 23.3. The normalized spacial score (nSPS) is 19.4. The molecular weight excluding hydrogens is 481 g/mol. The van der Waals surface area contributed by atoms with E-state index in [0.29, 0.717) is 18.6 Å². The molecule has 8 heteroatoms. The van der Waals surface area contributed by atoms with Gasteiger partial charge in [-0.15, -0.1) is 24.0 Å². The number of aromatic nitrogens is 2. The van der Waals surface area contributed by atoms with E-state index in [1.807, 2.05) is 43.8 Å². The second-order valence-electron chi connectivity index (χ2n) is 7.14. The lowest BCUT2D eigenvalue weighted by atomic mass is 9.93. The number of hydrogen-bond acceptors (Lipinski definition) is 4. The number of imidazole rings is 1. The third-order valence-corrected chi connectivity index (χ3v) is 5.27. The summed E-state index contributed by atoms with van der Waals surface area (Å²) in [4.78, 5) is 11.0. The minimum absolute atomic E-state index is 0. The minimum Gasteiger partial charge on any atom is -0.497 e. The standard InChI is InChI=1S/C21H31N5O2.HI/c1-17-9-12-25(15-20(17)26-13-11-23-16-26)21(22-2)24-10-4-14-28-19-7-5-18(27-3)6-8-19;/h5-8,11,13,16-17,20H,4,9-10,12,14-15H2,1-3H3,(H,22,24);1H. The van der Waals surface area contributed by atoms with Crippen LogP contribution in [0.2, 0.25) is 0 Å². The number of nitrogens with one attached hydrogen (secondary N) is 1. The number of benzene rings is 1. The molecule has 0 radical (unpaired) electrons. The van der Waals surface area contributed by atoms with Gasteiger partial charge in [0.1, 0.15) is 11.5 Å². The average Bonchev–Trinajstić information content (AvgIpc) is 3.26. The fraction of sp³-hybridized carbons (Fsp3) is 0.524. The van der Waals surface area contributed by atoms with Gasteiger partial charge in [0.25, 0.3) is 0 Å². The highest BCUT2D eigenvalue weighted by atomic mass is 127. The lowest BCUT2D eigenvalue weighted by Crippen LogP contribution is -2.49. The van der Waals surface area contributed by atoms with Crippen molar-refractivity contribution in [2.24, 2.45) is 10.9 Å². The van der Waals surface area contributed by atoms with Gasteiger partial charge in [0.15, 0.2) is 5.96 Å². The third-order valence-electron chi connectivity index (χ3n) is 5.27. The van der Waals surface area contributed by atoms with E-state index in [2.05, 4.69) is 37.9 Å². The molecule has 1 aliphatic heterocycles. The van der Waals surface area contributed by atoms with Crippen LogP contribution in [0.15, 0.2) is 48.0 Å². The van der Waals surface area contributed by atoms with Crippen molar-refractivity contribution in [3.05, 3.63) is 43.0 Å². The molecule has 0 spiro atoms. The van der Waals surface area contributed by atoms with Crippen molar-refractivity contribution < 1.29 is 9.47 Å². The van der Waals surface area contributed by atoms with Crippen molar-refractivity contribution in [2.45, 2.75) is 25.8 Å². The summed E-state index contributed by atoms with van der Waals surface area (Å²) in [5.74, 6) is 3.28.